The fraction of sp³-hybridized carbons (Fsp3) is 0.737. The molecule has 0 saturated heterocycles. The van der Waals surface area contributed by atoms with Crippen LogP contribution in [0.2, 0.25) is 0 Å². The van der Waals surface area contributed by atoms with Crippen LogP contribution in [0.25, 0.3) is 0 Å². The molecule has 0 N–H and O–H groups in total. The number of rotatable bonds is 12. The van der Waals surface area contributed by atoms with Gasteiger partial charge in [0, 0.05) is 18.1 Å². The first-order valence-electron chi connectivity index (χ1n) is 8.84. The van der Waals surface area contributed by atoms with Gasteiger partial charge >= 0.3 is 0 Å². The highest BCUT2D eigenvalue weighted by molar-refractivity contribution is 5.05. The highest BCUT2D eigenvalue weighted by atomic mass is 14.9. The molecule has 1 aromatic heterocycles. The normalized spacial score (nSPS) is 10.9. The van der Waals surface area contributed by atoms with Gasteiger partial charge in [0.1, 0.15) is 6.54 Å². The van der Waals surface area contributed by atoms with Crippen molar-refractivity contribution in [3.05, 3.63) is 30.1 Å². The van der Waals surface area contributed by atoms with Gasteiger partial charge in [0.15, 0.2) is 12.4 Å². The van der Waals surface area contributed by atoms with Gasteiger partial charge in [0.2, 0.25) is 0 Å². The van der Waals surface area contributed by atoms with Crippen LogP contribution in [0.1, 0.15) is 83.6 Å². The second kappa shape index (κ2) is 11.9. The number of hydrogen-bond acceptors (Lipinski definition) is 0. The molecule has 0 saturated carbocycles. The molecule has 1 aromatic rings. The zero-order valence-corrected chi connectivity index (χ0v) is 13.7. The van der Waals surface area contributed by atoms with E-state index in [0.717, 1.165) is 6.54 Å². The summed E-state index contributed by atoms with van der Waals surface area (Å²) in [6.07, 6.45) is 19.7. The second-order valence-corrected chi connectivity index (χ2v) is 6.03. The summed E-state index contributed by atoms with van der Waals surface area (Å²) in [7, 11) is 0. The van der Waals surface area contributed by atoms with E-state index in [1.807, 2.05) is 0 Å². The summed E-state index contributed by atoms with van der Waals surface area (Å²) in [6, 6.07) is 4.47. The van der Waals surface area contributed by atoms with Gasteiger partial charge in [-0.15, -0.1) is 0 Å². The summed E-state index contributed by atoms with van der Waals surface area (Å²) < 4.78 is 2.32. The van der Waals surface area contributed by atoms with Crippen LogP contribution in [0, 0.1) is 0 Å². The zero-order chi connectivity index (χ0) is 14.5. The molecular formula is C19H34N+. The van der Waals surface area contributed by atoms with Crippen LogP contribution in [-0.2, 0) is 13.0 Å². The standard InChI is InChI=1S/C19H34N/c1-3-5-6-7-8-9-10-11-12-14-19-15-13-17-20(18-19)16-4-2/h13,15,17-18H,3-12,14,16H2,1-2H3/q+1. The van der Waals surface area contributed by atoms with Crippen LogP contribution >= 0.6 is 0 Å². The molecular weight excluding hydrogens is 242 g/mol. The molecule has 0 unspecified atom stereocenters. The Kier molecular flexibility index (Phi) is 10.3. The third kappa shape index (κ3) is 8.35. The minimum Gasteiger partial charge on any atom is -0.205 e. The van der Waals surface area contributed by atoms with Crippen LogP contribution < -0.4 is 4.57 Å². The molecule has 0 aromatic carbocycles. The van der Waals surface area contributed by atoms with Crippen molar-refractivity contribution in [2.24, 2.45) is 0 Å². The maximum absolute atomic E-state index is 2.33. The first kappa shape index (κ1) is 17.2. The van der Waals surface area contributed by atoms with Crippen molar-refractivity contribution in [2.45, 2.75) is 91.0 Å². The summed E-state index contributed by atoms with van der Waals surface area (Å²) in [5, 5.41) is 0. The van der Waals surface area contributed by atoms with E-state index in [1.165, 1.54) is 76.2 Å². The molecule has 1 rings (SSSR count). The molecule has 1 heteroatoms. The van der Waals surface area contributed by atoms with E-state index in [9.17, 15) is 0 Å². The van der Waals surface area contributed by atoms with Crippen LogP contribution in [0.3, 0.4) is 0 Å². The maximum Gasteiger partial charge on any atom is 0.171 e. The monoisotopic (exact) mass is 276 g/mol. The Morgan fingerprint density at radius 3 is 2.10 bits per heavy atom. The lowest BCUT2D eigenvalue weighted by molar-refractivity contribution is -0.697. The van der Waals surface area contributed by atoms with Gasteiger partial charge in [-0.2, -0.15) is 0 Å². The molecule has 0 fully saturated rings. The molecule has 114 valence electrons. The summed E-state index contributed by atoms with van der Waals surface area (Å²) >= 11 is 0. The van der Waals surface area contributed by atoms with Crippen LogP contribution in [0.4, 0.5) is 0 Å². The van der Waals surface area contributed by atoms with E-state index < -0.39 is 0 Å². The molecule has 0 atom stereocenters. The summed E-state index contributed by atoms with van der Waals surface area (Å²) in [5.74, 6) is 0. The van der Waals surface area contributed by atoms with Gasteiger partial charge < -0.3 is 0 Å². The topological polar surface area (TPSA) is 3.88 Å². The van der Waals surface area contributed by atoms with Gasteiger partial charge in [-0.05, 0) is 18.9 Å². The van der Waals surface area contributed by atoms with Crippen molar-refractivity contribution in [3.8, 4) is 0 Å². The number of hydrogen-bond donors (Lipinski definition) is 0. The molecule has 0 spiro atoms. The van der Waals surface area contributed by atoms with Gasteiger partial charge in [-0.3, -0.25) is 0 Å². The fourth-order valence-corrected chi connectivity index (χ4v) is 2.76. The molecule has 0 aliphatic rings. The van der Waals surface area contributed by atoms with Crippen LogP contribution in [-0.4, -0.2) is 0 Å². The average molecular weight is 276 g/mol. The molecule has 0 radical (unpaired) electrons. The summed E-state index contributed by atoms with van der Waals surface area (Å²) in [4.78, 5) is 0. The predicted octanol–water partition coefficient (Wildman–Crippen LogP) is 5.46. The SMILES string of the molecule is CCCCCCCCCCCc1ccc[n+](CCC)c1. The van der Waals surface area contributed by atoms with Crippen molar-refractivity contribution in [3.63, 3.8) is 0 Å². The quantitative estimate of drug-likeness (QED) is 0.353. The first-order valence-corrected chi connectivity index (χ1v) is 8.84. The molecule has 0 aliphatic heterocycles. The second-order valence-electron chi connectivity index (χ2n) is 6.03. The highest BCUT2D eigenvalue weighted by Gasteiger charge is 2.01. The Hall–Kier alpha value is -0.850. The Balaban J connectivity index is 2.02. The Morgan fingerprint density at radius 1 is 0.800 bits per heavy atom. The van der Waals surface area contributed by atoms with Gasteiger partial charge in [0.25, 0.3) is 0 Å². The minimum absolute atomic E-state index is 1.14. The smallest absolute Gasteiger partial charge is 0.171 e. The highest BCUT2D eigenvalue weighted by Crippen LogP contribution is 2.11. The zero-order valence-electron chi connectivity index (χ0n) is 13.7. The van der Waals surface area contributed by atoms with Crippen molar-refractivity contribution in [2.75, 3.05) is 0 Å². The van der Waals surface area contributed by atoms with E-state index in [0.29, 0.717) is 0 Å². The van der Waals surface area contributed by atoms with Crippen LogP contribution in [0.15, 0.2) is 24.5 Å². The molecule has 1 heterocycles. The third-order valence-electron chi connectivity index (χ3n) is 3.97. The van der Waals surface area contributed by atoms with Crippen LogP contribution in [0.5, 0.6) is 0 Å². The largest absolute Gasteiger partial charge is 0.205 e. The van der Waals surface area contributed by atoms with Crippen molar-refractivity contribution in [1.82, 2.24) is 0 Å². The van der Waals surface area contributed by atoms with E-state index in [1.54, 1.807) is 0 Å². The Bertz CT molecular complexity index is 332. The lowest BCUT2D eigenvalue weighted by atomic mass is 10.0. The van der Waals surface area contributed by atoms with Gasteiger partial charge in [-0.1, -0.05) is 65.2 Å². The number of unbranched alkanes of at least 4 members (excludes halogenated alkanes) is 8. The number of aryl methyl sites for hydroxylation is 2. The number of nitrogens with zero attached hydrogens (tertiary/aromatic N) is 1. The third-order valence-corrected chi connectivity index (χ3v) is 3.97. The van der Waals surface area contributed by atoms with Crippen molar-refractivity contribution >= 4 is 0 Å². The predicted molar refractivity (Wildman–Crippen MR) is 87.9 cm³/mol. The average Bonchev–Trinajstić information content (AvgIpc) is 2.46. The van der Waals surface area contributed by atoms with E-state index in [2.05, 4.69) is 42.9 Å². The summed E-state index contributed by atoms with van der Waals surface area (Å²) in [5.41, 5.74) is 1.50. The molecule has 1 nitrogen and oxygen atoms in total. The Morgan fingerprint density at radius 2 is 1.45 bits per heavy atom. The van der Waals surface area contributed by atoms with Gasteiger partial charge in [0.05, 0.1) is 0 Å². The number of pyridine rings is 1. The lowest BCUT2D eigenvalue weighted by Gasteiger charge is -2.02. The molecule has 20 heavy (non-hydrogen) atoms. The maximum atomic E-state index is 2.33. The molecule has 0 bridgehead atoms. The molecule has 0 aliphatic carbocycles. The van der Waals surface area contributed by atoms with E-state index in [4.69, 9.17) is 0 Å². The Labute approximate surface area is 126 Å². The molecule has 0 amide bonds. The van der Waals surface area contributed by atoms with Crippen molar-refractivity contribution < 1.29 is 4.57 Å². The first-order chi connectivity index (χ1) is 9.86. The van der Waals surface area contributed by atoms with Crippen molar-refractivity contribution in [1.29, 1.82) is 0 Å². The van der Waals surface area contributed by atoms with E-state index >= 15 is 0 Å². The van der Waals surface area contributed by atoms with Gasteiger partial charge in [-0.25, -0.2) is 4.57 Å². The minimum atomic E-state index is 1.14. The fourth-order valence-electron chi connectivity index (χ4n) is 2.76. The lowest BCUT2D eigenvalue weighted by Crippen LogP contribution is -2.32. The summed E-state index contributed by atoms with van der Waals surface area (Å²) in [6.45, 7) is 5.67. The number of aromatic nitrogens is 1. The van der Waals surface area contributed by atoms with E-state index in [-0.39, 0.29) is 0 Å².